The van der Waals surface area contributed by atoms with E-state index in [4.69, 9.17) is 17.2 Å². The van der Waals surface area contributed by atoms with Crippen molar-refractivity contribution in [3.05, 3.63) is 131 Å². The number of anilines is 1. The molecule has 0 fully saturated rings. The third-order valence-corrected chi connectivity index (χ3v) is 6.56. The summed E-state index contributed by atoms with van der Waals surface area (Å²) in [6.45, 7) is 1.96. The minimum atomic E-state index is -0.908. The Labute approximate surface area is 226 Å². The molecule has 5 rings (SSSR count). The van der Waals surface area contributed by atoms with Crippen LogP contribution < -0.4 is 16.2 Å². The standard InChI is InChI=1S/C31H26N4O2S/c1-21-12-8-10-18-25(21)33-31(38)34-29(36)27(20-22-13-4-2-5-14-22)35-28(23-15-6-3-7-16-23)32-26-19-11-9-17-24(26)30(35)37/h2-19,27H,20H2,1H3,(H2,33,34,36,38). The molecular weight excluding hydrogens is 492 g/mol. The number of carbonyl (C=O) groups is 1. The van der Waals surface area contributed by atoms with Crippen molar-refractivity contribution in [2.45, 2.75) is 19.4 Å². The van der Waals surface area contributed by atoms with Crippen LogP contribution in [0.1, 0.15) is 17.2 Å². The fourth-order valence-electron chi connectivity index (χ4n) is 4.43. The molecule has 4 aromatic carbocycles. The first-order valence-corrected chi connectivity index (χ1v) is 12.7. The van der Waals surface area contributed by atoms with Crippen LogP contribution in [0, 0.1) is 6.92 Å². The molecule has 0 aliphatic carbocycles. The average molecular weight is 519 g/mol. The predicted octanol–water partition coefficient (Wildman–Crippen LogP) is 5.67. The van der Waals surface area contributed by atoms with Crippen LogP contribution in [-0.2, 0) is 11.2 Å². The Morgan fingerprint density at radius 3 is 2.24 bits per heavy atom. The number of para-hydroxylation sites is 2. The number of thiocarbonyl (C=S) groups is 1. The van der Waals surface area contributed by atoms with Gasteiger partial charge in [0.05, 0.1) is 10.9 Å². The van der Waals surface area contributed by atoms with Crippen LogP contribution in [0.3, 0.4) is 0 Å². The highest BCUT2D eigenvalue weighted by atomic mass is 32.1. The summed E-state index contributed by atoms with van der Waals surface area (Å²) in [5.74, 6) is 0.0134. The van der Waals surface area contributed by atoms with Crippen LogP contribution in [0.15, 0.2) is 114 Å². The lowest BCUT2D eigenvalue weighted by molar-refractivity contribution is -0.122. The largest absolute Gasteiger partial charge is 0.332 e. The zero-order chi connectivity index (χ0) is 26.5. The summed E-state index contributed by atoms with van der Waals surface area (Å²) >= 11 is 5.50. The number of nitrogens with zero attached hydrogens (tertiary/aromatic N) is 2. The molecule has 0 radical (unpaired) electrons. The van der Waals surface area contributed by atoms with Gasteiger partial charge in [-0.3, -0.25) is 14.2 Å². The number of carbonyl (C=O) groups excluding carboxylic acids is 1. The molecule has 7 heteroatoms. The second-order valence-electron chi connectivity index (χ2n) is 8.96. The van der Waals surface area contributed by atoms with Gasteiger partial charge >= 0.3 is 0 Å². The first-order valence-electron chi connectivity index (χ1n) is 12.3. The van der Waals surface area contributed by atoms with Gasteiger partial charge in [-0.2, -0.15) is 0 Å². The van der Waals surface area contributed by atoms with Gasteiger partial charge in [-0.25, -0.2) is 4.98 Å². The molecular formula is C31H26N4O2S. The van der Waals surface area contributed by atoms with Crippen molar-refractivity contribution in [2.75, 3.05) is 5.32 Å². The number of hydrogen-bond donors (Lipinski definition) is 2. The zero-order valence-electron chi connectivity index (χ0n) is 20.8. The van der Waals surface area contributed by atoms with E-state index in [1.807, 2.05) is 97.9 Å². The Bertz CT molecular complexity index is 1670. The summed E-state index contributed by atoms with van der Waals surface area (Å²) in [6, 6.07) is 33.0. The first kappa shape index (κ1) is 25.0. The van der Waals surface area contributed by atoms with E-state index in [1.54, 1.807) is 18.2 Å². The van der Waals surface area contributed by atoms with Gasteiger partial charge in [0.2, 0.25) is 5.91 Å². The number of benzene rings is 4. The number of nitrogens with one attached hydrogen (secondary N) is 2. The average Bonchev–Trinajstić information content (AvgIpc) is 2.94. The van der Waals surface area contributed by atoms with E-state index in [1.165, 1.54) is 4.57 Å². The lowest BCUT2D eigenvalue weighted by atomic mass is 10.0. The summed E-state index contributed by atoms with van der Waals surface area (Å²) in [7, 11) is 0. The summed E-state index contributed by atoms with van der Waals surface area (Å²) in [5.41, 5.74) is 3.72. The molecule has 6 nitrogen and oxygen atoms in total. The highest BCUT2D eigenvalue weighted by Crippen LogP contribution is 2.24. The molecule has 1 aromatic heterocycles. The highest BCUT2D eigenvalue weighted by Gasteiger charge is 2.27. The van der Waals surface area contributed by atoms with E-state index >= 15 is 0 Å². The number of amides is 1. The maximum atomic E-state index is 14.0. The van der Waals surface area contributed by atoms with Crippen LogP contribution >= 0.6 is 12.2 Å². The second-order valence-corrected chi connectivity index (χ2v) is 9.37. The van der Waals surface area contributed by atoms with E-state index in [-0.39, 0.29) is 17.1 Å². The minimum Gasteiger partial charge on any atom is -0.332 e. The van der Waals surface area contributed by atoms with Gasteiger partial charge < -0.3 is 10.6 Å². The van der Waals surface area contributed by atoms with Crippen LogP contribution in [-0.4, -0.2) is 20.6 Å². The zero-order valence-corrected chi connectivity index (χ0v) is 21.6. The fraction of sp³-hybridized carbons (Fsp3) is 0.0968. The summed E-state index contributed by atoms with van der Waals surface area (Å²) in [5, 5.41) is 6.52. The molecule has 0 aliphatic rings. The number of hydrogen-bond acceptors (Lipinski definition) is 4. The summed E-state index contributed by atoms with van der Waals surface area (Å²) in [4.78, 5) is 32.7. The van der Waals surface area contributed by atoms with Crippen LogP contribution in [0.4, 0.5) is 5.69 Å². The number of fused-ring (bicyclic) bond motifs is 1. The Morgan fingerprint density at radius 2 is 1.50 bits per heavy atom. The normalized spacial score (nSPS) is 11.6. The lowest BCUT2D eigenvalue weighted by Crippen LogP contribution is -2.43. The predicted molar refractivity (Wildman–Crippen MR) is 156 cm³/mol. The number of aryl methyl sites for hydroxylation is 1. The highest BCUT2D eigenvalue weighted by molar-refractivity contribution is 7.80. The summed E-state index contributed by atoms with van der Waals surface area (Å²) in [6.07, 6.45) is 0.277. The van der Waals surface area contributed by atoms with Gasteiger partial charge in [0.1, 0.15) is 11.9 Å². The van der Waals surface area contributed by atoms with E-state index < -0.39 is 11.9 Å². The van der Waals surface area contributed by atoms with Gasteiger partial charge in [-0.1, -0.05) is 91.0 Å². The van der Waals surface area contributed by atoms with Crippen molar-refractivity contribution in [3.63, 3.8) is 0 Å². The summed E-state index contributed by atoms with van der Waals surface area (Å²) < 4.78 is 1.50. The smallest absolute Gasteiger partial charge is 0.262 e. The van der Waals surface area contributed by atoms with Crippen molar-refractivity contribution in [1.29, 1.82) is 0 Å². The van der Waals surface area contributed by atoms with Gasteiger partial charge in [-0.15, -0.1) is 0 Å². The molecule has 0 bridgehead atoms. The minimum absolute atomic E-state index is 0.158. The van der Waals surface area contributed by atoms with Gasteiger partial charge in [0, 0.05) is 17.7 Å². The molecule has 5 aromatic rings. The Kier molecular flexibility index (Phi) is 7.38. The molecule has 1 atom stereocenters. The van der Waals surface area contributed by atoms with Gasteiger partial charge in [0.25, 0.3) is 5.56 Å². The van der Waals surface area contributed by atoms with E-state index in [2.05, 4.69) is 10.6 Å². The quantitative estimate of drug-likeness (QED) is 0.283. The van der Waals surface area contributed by atoms with Crippen molar-refractivity contribution in [2.24, 2.45) is 0 Å². The monoisotopic (exact) mass is 518 g/mol. The SMILES string of the molecule is Cc1ccccc1NC(=S)NC(=O)C(Cc1ccccc1)n1c(-c2ccccc2)nc2ccccc2c1=O. The molecule has 1 amide bonds. The lowest BCUT2D eigenvalue weighted by Gasteiger charge is -2.23. The third-order valence-electron chi connectivity index (χ3n) is 6.36. The van der Waals surface area contributed by atoms with Crippen LogP contribution in [0.2, 0.25) is 0 Å². The Balaban J connectivity index is 1.61. The maximum Gasteiger partial charge on any atom is 0.262 e. The third kappa shape index (κ3) is 5.38. The van der Waals surface area contributed by atoms with Gasteiger partial charge in [0.15, 0.2) is 5.11 Å². The molecule has 0 saturated heterocycles. The second kappa shape index (κ2) is 11.2. The van der Waals surface area contributed by atoms with Crippen molar-refractivity contribution >= 4 is 39.8 Å². The molecule has 188 valence electrons. The van der Waals surface area contributed by atoms with E-state index in [0.29, 0.717) is 16.7 Å². The maximum absolute atomic E-state index is 14.0. The molecule has 1 heterocycles. The first-order chi connectivity index (χ1) is 18.5. The van der Waals surface area contributed by atoms with Crippen molar-refractivity contribution in [1.82, 2.24) is 14.9 Å². The van der Waals surface area contributed by atoms with Crippen molar-refractivity contribution < 1.29 is 4.79 Å². The molecule has 2 N–H and O–H groups in total. The van der Waals surface area contributed by atoms with E-state index in [9.17, 15) is 9.59 Å². The van der Waals surface area contributed by atoms with Crippen molar-refractivity contribution in [3.8, 4) is 11.4 Å². The van der Waals surface area contributed by atoms with E-state index in [0.717, 1.165) is 22.4 Å². The number of rotatable bonds is 6. The molecule has 0 saturated carbocycles. The fourth-order valence-corrected chi connectivity index (χ4v) is 4.64. The molecule has 1 unspecified atom stereocenters. The molecule has 0 aliphatic heterocycles. The Morgan fingerprint density at radius 1 is 0.868 bits per heavy atom. The number of aromatic nitrogens is 2. The topological polar surface area (TPSA) is 76.0 Å². The van der Waals surface area contributed by atoms with Crippen LogP contribution in [0.5, 0.6) is 0 Å². The molecule has 0 spiro atoms. The Hall–Kier alpha value is -4.62. The van der Waals surface area contributed by atoms with Gasteiger partial charge in [-0.05, 0) is 48.5 Å². The molecule has 38 heavy (non-hydrogen) atoms. The van der Waals surface area contributed by atoms with Crippen LogP contribution in [0.25, 0.3) is 22.3 Å².